The lowest BCUT2D eigenvalue weighted by molar-refractivity contribution is -0.384. The van der Waals surface area contributed by atoms with Gasteiger partial charge >= 0.3 is 0 Å². The number of hydrogen-bond acceptors (Lipinski definition) is 7. The number of thioether (sulfide) groups is 1. The molecule has 0 aliphatic heterocycles. The lowest BCUT2D eigenvalue weighted by Crippen LogP contribution is -2.22. The fourth-order valence-electron chi connectivity index (χ4n) is 2.35. The van der Waals surface area contributed by atoms with E-state index in [4.69, 9.17) is 0 Å². The molecular weight excluding hydrogens is 356 g/mol. The van der Waals surface area contributed by atoms with Crippen molar-refractivity contribution in [3.63, 3.8) is 0 Å². The number of carbonyl (C=O) groups is 1. The number of non-ortho nitro benzene ring substituents is 1. The number of nitro benzene ring substituents is 1. The maximum atomic E-state index is 12.4. The standard InChI is InChI=1S/C16H16N6O3S/c1-9-7-10(2)21-15(17-9)19-16(20-21)26-11(3)14(23)18-12-5-4-6-13(8-12)22(24)25/h4-8,11H,1-3H3,(H,18,23). The van der Waals surface area contributed by atoms with Gasteiger partial charge in [-0.25, -0.2) is 9.50 Å². The number of nitrogens with zero attached hydrogens (tertiary/aromatic N) is 5. The van der Waals surface area contributed by atoms with Crippen molar-refractivity contribution in [3.05, 3.63) is 51.8 Å². The number of nitro groups is 1. The molecule has 2 aromatic heterocycles. The highest BCUT2D eigenvalue weighted by atomic mass is 32.2. The Bertz CT molecular complexity index is 1000. The van der Waals surface area contributed by atoms with E-state index in [1.165, 1.54) is 30.0 Å². The van der Waals surface area contributed by atoms with Crippen LogP contribution in [0.25, 0.3) is 5.78 Å². The molecule has 0 radical (unpaired) electrons. The molecule has 0 aliphatic rings. The summed E-state index contributed by atoms with van der Waals surface area (Å²) in [7, 11) is 0. The largest absolute Gasteiger partial charge is 0.325 e. The zero-order valence-electron chi connectivity index (χ0n) is 14.3. The van der Waals surface area contributed by atoms with Gasteiger partial charge in [-0.2, -0.15) is 4.98 Å². The van der Waals surface area contributed by atoms with Crippen molar-refractivity contribution in [3.8, 4) is 0 Å². The van der Waals surface area contributed by atoms with E-state index in [0.29, 0.717) is 16.6 Å². The van der Waals surface area contributed by atoms with Crippen LogP contribution >= 0.6 is 11.8 Å². The summed E-state index contributed by atoms with van der Waals surface area (Å²) in [5.74, 6) is 0.187. The molecule has 0 fully saturated rings. The Morgan fingerprint density at radius 3 is 2.81 bits per heavy atom. The van der Waals surface area contributed by atoms with Crippen molar-refractivity contribution in [2.75, 3.05) is 5.32 Å². The summed E-state index contributed by atoms with van der Waals surface area (Å²) in [6.07, 6.45) is 0. The summed E-state index contributed by atoms with van der Waals surface area (Å²) in [6, 6.07) is 7.70. The third kappa shape index (κ3) is 3.80. The van der Waals surface area contributed by atoms with E-state index >= 15 is 0 Å². The van der Waals surface area contributed by atoms with E-state index in [9.17, 15) is 14.9 Å². The number of hydrogen-bond donors (Lipinski definition) is 1. The molecule has 0 bridgehead atoms. The molecule has 134 valence electrons. The van der Waals surface area contributed by atoms with Crippen LogP contribution in [0.4, 0.5) is 11.4 Å². The average Bonchev–Trinajstić information content (AvgIpc) is 2.97. The number of amides is 1. The van der Waals surface area contributed by atoms with Gasteiger partial charge in [0.2, 0.25) is 11.1 Å². The minimum absolute atomic E-state index is 0.0814. The number of aryl methyl sites for hydroxylation is 2. The first-order valence-electron chi connectivity index (χ1n) is 7.76. The van der Waals surface area contributed by atoms with Gasteiger partial charge in [-0.05, 0) is 32.9 Å². The Kier molecular flexibility index (Phi) is 4.85. The van der Waals surface area contributed by atoms with Crippen molar-refractivity contribution < 1.29 is 9.72 Å². The van der Waals surface area contributed by atoms with Gasteiger partial charge in [0.05, 0.1) is 10.2 Å². The molecule has 2 heterocycles. The monoisotopic (exact) mass is 372 g/mol. The van der Waals surface area contributed by atoms with Gasteiger partial charge in [0.25, 0.3) is 11.5 Å². The summed E-state index contributed by atoms with van der Waals surface area (Å²) in [5.41, 5.74) is 2.03. The molecule has 0 aliphatic carbocycles. The molecule has 1 aromatic carbocycles. The van der Waals surface area contributed by atoms with Gasteiger partial charge in [-0.15, -0.1) is 5.10 Å². The van der Waals surface area contributed by atoms with Crippen LogP contribution in [0.5, 0.6) is 0 Å². The van der Waals surface area contributed by atoms with Crippen LogP contribution in [0.15, 0.2) is 35.5 Å². The molecular formula is C16H16N6O3S. The van der Waals surface area contributed by atoms with E-state index in [1.807, 2.05) is 19.9 Å². The van der Waals surface area contributed by atoms with Gasteiger partial charge in [-0.3, -0.25) is 14.9 Å². The Balaban J connectivity index is 1.72. The number of carbonyl (C=O) groups excluding carboxylic acids is 1. The lowest BCUT2D eigenvalue weighted by Gasteiger charge is -2.09. The number of fused-ring (bicyclic) bond motifs is 1. The summed E-state index contributed by atoms with van der Waals surface area (Å²) in [5, 5.41) is 17.8. The van der Waals surface area contributed by atoms with Gasteiger partial charge in [0.1, 0.15) is 0 Å². The molecule has 3 rings (SSSR count). The van der Waals surface area contributed by atoms with Crippen LogP contribution in [-0.2, 0) is 4.79 Å². The Labute approximate surface area is 153 Å². The van der Waals surface area contributed by atoms with Crippen LogP contribution in [0.3, 0.4) is 0 Å². The van der Waals surface area contributed by atoms with Crippen molar-refractivity contribution in [2.45, 2.75) is 31.2 Å². The quantitative estimate of drug-likeness (QED) is 0.416. The zero-order valence-corrected chi connectivity index (χ0v) is 15.1. The van der Waals surface area contributed by atoms with Crippen LogP contribution in [-0.4, -0.2) is 35.7 Å². The fourth-order valence-corrected chi connectivity index (χ4v) is 3.10. The highest BCUT2D eigenvalue weighted by Crippen LogP contribution is 2.23. The van der Waals surface area contributed by atoms with Crippen molar-refractivity contribution in [2.24, 2.45) is 0 Å². The van der Waals surface area contributed by atoms with E-state index in [1.54, 1.807) is 17.5 Å². The number of aromatic nitrogens is 4. The summed E-state index contributed by atoms with van der Waals surface area (Å²) in [6.45, 7) is 5.50. The maximum Gasteiger partial charge on any atom is 0.271 e. The molecule has 26 heavy (non-hydrogen) atoms. The number of benzene rings is 1. The topological polar surface area (TPSA) is 115 Å². The molecule has 3 aromatic rings. The Hall–Kier alpha value is -3.01. The Morgan fingerprint density at radius 2 is 2.08 bits per heavy atom. The minimum atomic E-state index is -0.508. The van der Waals surface area contributed by atoms with Gasteiger partial charge in [0, 0.05) is 29.2 Å². The normalized spacial score (nSPS) is 12.1. The highest BCUT2D eigenvalue weighted by Gasteiger charge is 2.19. The molecule has 0 saturated carbocycles. The van der Waals surface area contributed by atoms with Gasteiger partial charge in [0.15, 0.2) is 0 Å². The summed E-state index contributed by atoms with van der Waals surface area (Å²) < 4.78 is 1.63. The predicted molar refractivity (Wildman–Crippen MR) is 97.3 cm³/mol. The lowest BCUT2D eigenvalue weighted by atomic mass is 10.2. The molecule has 9 nitrogen and oxygen atoms in total. The fraction of sp³-hybridized carbons (Fsp3) is 0.250. The third-order valence-corrected chi connectivity index (χ3v) is 4.53. The van der Waals surface area contributed by atoms with E-state index < -0.39 is 10.2 Å². The molecule has 0 saturated heterocycles. The second kappa shape index (κ2) is 7.08. The minimum Gasteiger partial charge on any atom is -0.325 e. The predicted octanol–water partition coefficient (Wildman–Crippen LogP) is 2.77. The summed E-state index contributed by atoms with van der Waals surface area (Å²) >= 11 is 1.19. The van der Waals surface area contributed by atoms with Crippen molar-refractivity contribution >= 4 is 34.8 Å². The smallest absolute Gasteiger partial charge is 0.271 e. The van der Waals surface area contributed by atoms with Gasteiger partial charge < -0.3 is 5.32 Å². The summed E-state index contributed by atoms with van der Waals surface area (Å²) in [4.78, 5) is 31.3. The van der Waals surface area contributed by atoms with Crippen LogP contribution < -0.4 is 5.32 Å². The van der Waals surface area contributed by atoms with Crippen molar-refractivity contribution in [1.29, 1.82) is 0 Å². The third-order valence-electron chi connectivity index (χ3n) is 3.57. The number of rotatable bonds is 5. The van der Waals surface area contributed by atoms with E-state index in [2.05, 4.69) is 20.4 Å². The first-order chi connectivity index (χ1) is 12.3. The second-order valence-electron chi connectivity index (χ2n) is 5.70. The second-order valence-corrected chi connectivity index (χ2v) is 7.01. The van der Waals surface area contributed by atoms with E-state index in [0.717, 1.165) is 11.4 Å². The zero-order chi connectivity index (χ0) is 18.8. The van der Waals surface area contributed by atoms with Crippen LogP contribution in [0.2, 0.25) is 0 Å². The molecule has 1 N–H and O–H groups in total. The Morgan fingerprint density at radius 1 is 1.31 bits per heavy atom. The van der Waals surface area contributed by atoms with Crippen molar-refractivity contribution in [1.82, 2.24) is 19.6 Å². The molecule has 10 heteroatoms. The van der Waals surface area contributed by atoms with Crippen LogP contribution in [0.1, 0.15) is 18.3 Å². The molecule has 1 atom stereocenters. The molecule has 1 unspecified atom stereocenters. The first kappa shape index (κ1) is 17.8. The number of nitrogens with one attached hydrogen (secondary N) is 1. The average molecular weight is 372 g/mol. The van der Waals surface area contributed by atoms with E-state index in [-0.39, 0.29) is 11.6 Å². The van der Waals surface area contributed by atoms with Crippen LogP contribution in [0, 0.1) is 24.0 Å². The van der Waals surface area contributed by atoms with Gasteiger partial charge in [-0.1, -0.05) is 17.8 Å². The first-order valence-corrected chi connectivity index (χ1v) is 8.64. The highest BCUT2D eigenvalue weighted by molar-refractivity contribution is 8.00. The molecule has 0 spiro atoms. The number of anilines is 1. The molecule has 1 amide bonds. The maximum absolute atomic E-state index is 12.4. The SMILES string of the molecule is Cc1cc(C)n2nc(SC(C)C(=O)Nc3cccc([N+](=O)[O-])c3)nc2n1.